The number of halogens is 3. The fraction of sp³-hybridized carbons (Fsp3) is 0.917. The average molecular weight is 297 g/mol. The number of β-amino-alcohol motifs (C(OH)–C–C–N with tert-alkyl or cyclic N) is 1. The van der Waals surface area contributed by atoms with Crippen molar-refractivity contribution < 1.29 is 23.1 Å². The Labute approximate surface area is 116 Å². The number of aliphatic hydroxyl groups is 1. The molecule has 20 heavy (non-hydrogen) atoms. The van der Waals surface area contributed by atoms with Gasteiger partial charge >= 0.3 is 12.2 Å². The van der Waals surface area contributed by atoms with E-state index >= 15 is 0 Å². The summed E-state index contributed by atoms with van der Waals surface area (Å²) < 4.78 is 35.8. The summed E-state index contributed by atoms with van der Waals surface area (Å²) in [6.07, 6.45) is -2.70. The van der Waals surface area contributed by atoms with Gasteiger partial charge in [-0.1, -0.05) is 6.92 Å². The first-order valence-electron chi connectivity index (χ1n) is 6.81. The molecule has 2 amide bonds. The molecule has 0 saturated carbocycles. The Balaban J connectivity index is 2.20. The molecule has 5 nitrogen and oxygen atoms in total. The van der Waals surface area contributed by atoms with Gasteiger partial charge in [-0.2, -0.15) is 13.2 Å². The lowest BCUT2D eigenvalue weighted by Crippen LogP contribution is -2.50. The van der Waals surface area contributed by atoms with Crippen molar-refractivity contribution in [2.45, 2.75) is 44.5 Å². The molecule has 1 unspecified atom stereocenters. The highest BCUT2D eigenvalue weighted by atomic mass is 19.4. The Morgan fingerprint density at radius 2 is 2.00 bits per heavy atom. The first-order valence-corrected chi connectivity index (χ1v) is 6.81. The Morgan fingerprint density at radius 3 is 2.50 bits per heavy atom. The van der Waals surface area contributed by atoms with Crippen LogP contribution in [0.5, 0.6) is 0 Å². The summed E-state index contributed by atoms with van der Waals surface area (Å²) in [6.45, 7) is 2.64. The summed E-state index contributed by atoms with van der Waals surface area (Å²) in [6, 6.07) is -0.896. The maximum Gasteiger partial charge on any atom is 0.405 e. The first-order chi connectivity index (χ1) is 9.30. The van der Waals surface area contributed by atoms with Crippen LogP contribution in [0.25, 0.3) is 0 Å². The van der Waals surface area contributed by atoms with Crippen LogP contribution < -0.4 is 10.6 Å². The SMILES string of the molecule is CCC(O)CN1CCC(NC(=O)NCC(F)(F)F)CC1. The van der Waals surface area contributed by atoms with Crippen molar-refractivity contribution in [3.63, 3.8) is 0 Å². The number of carbonyl (C=O) groups is 1. The number of amides is 2. The molecule has 0 aromatic carbocycles. The molecular weight excluding hydrogens is 275 g/mol. The van der Waals surface area contributed by atoms with Crippen molar-refractivity contribution >= 4 is 6.03 Å². The molecule has 0 aromatic heterocycles. The highest BCUT2D eigenvalue weighted by Crippen LogP contribution is 2.13. The largest absolute Gasteiger partial charge is 0.405 e. The van der Waals surface area contributed by atoms with Gasteiger partial charge in [-0.05, 0) is 19.3 Å². The van der Waals surface area contributed by atoms with Crippen molar-refractivity contribution in [2.24, 2.45) is 0 Å². The van der Waals surface area contributed by atoms with Crippen molar-refractivity contribution in [3.8, 4) is 0 Å². The van der Waals surface area contributed by atoms with E-state index in [1.54, 1.807) is 5.32 Å². The predicted molar refractivity (Wildman–Crippen MR) is 68.3 cm³/mol. The zero-order valence-electron chi connectivity index (χ0n) is 11.5. The molecule has 1 rings (SSSR count). The average Bonchev–Trinajstić information content (AvgIpc) is 2.38. The van der Waals surface area contributed by atoms with Gasteiger partial charge in [0.25, 0.3) is 0 Å². The fourth-order valence-corrected chi connectivity index (χ4v) is 2.10. The number of hydrogen-bond acceptors (Lipinski definition) is 3. The third-order valence-electron chi connectivity index (χ3n) is 3.31. The van der Waals surface area contributed by atoms with E-state index in [1.807, 2.05) is 6.92 Å². The van der Waals surface area contributed by atoms with Gasteiger partial charge in [0.1, 0.15) is 6.54 Å². The number of urea groups is 1. The number of nitrogens with zero attached hydrogens (tertiary/aromatic N) is 1. The Morgan fingerprint density at radius 1 is 1.40 bits per heavy atom. The molecule has 1 heterocycles. The summed E-state index contributed by atoms with van der Waals surface area (Å²) in [5.74, 6) is 0. The van der Waals surface area contributed by atoms with Crippen LogP contribution in [0.2, 0.25) is 0 Å². The van der Waals surface area contributed by atoms with Gasteiger partial charge in [0.15, 0.2) is 0 Å². The summed E-state index contributed by atoms with van der Waals surface area (Å²) in [5.41, 5.74) is 0. The molecule has 1 aliphatic rings. The smallest absolute Gasteiger partial charge is 0.392 e. The maximum atomic E-state index is 11.9. The number of likely N-dealkylation sites (tertiary alicyclic amines) is 1. The molecule has 1 atom stereocenters. The zero-order chi connectivity index (χ0) is 15.2. The van der Waals surface area contributed by atoms with E-state index < -0.39 is 18.8 Å². The van der Waals surface area contributed by atoms with E-state index in [2.05, 4.69) is 10.2 Å². The second kappa shape index (κ2) is 7.68. The van der Waals surface area contributed by atoms with Crippen molar-refractivity contribution in [1.29, 1.82) is 0 Å². The molecule has 0 spiro atoms. The van der Waals surface area contributed by atoms with E-state index in [4.69, 9.17) is 0 Å². The quantitative estimate of drug-likeness (QED) is 0.711. The fourth-order valence-electron chi connectivity index (χ4n) is 2.10. The normalized spacial score (nSPS) is 19.6. The van der Waals surface area contributed by atoms with Gasteiger partial charge in [0.2, 0.25) is 0 Å². The highest BCUT2D eigenvalue weighted by Gasteiger charge is 2.28. The molecule has 1 aliphatic heterocycles. The van der Waals surface area contributed by atoms with Crippen molar-refractivity contribution in [3.05, 3.63) is 0 Å². The molecule has 8 heteroatoms. The summed E-state index contributed by atoms with van der Waals surface area (Å²) in [7, 11) is 0. The first kappa shape index (κ1) is 17.0. The van der Waals surface area contributed by atoms with E-state index in [0.29, 0.717) is 25.8 Å². The maximum absolute atomic E-state index is 11.9. The summed E-state index contributed by atoms with van der Waals surface area (Å²) in [5, 5.41) is 13.9. The number of alkyl halides is 3. The topological polar surface area (TPSA) is 64.6 Å². The molecule has 0 aliphatic carbocycles. The zero-order valence-corrected chi connectivity index (χ0v) is 11.5. The molecule has 0 bridgehead atoms. The number of carbonyl (C=O) groups excluding carboxylic acids is 1. The summed E-state index contributed by atoms with van der Waals surface area (Å²) in [4.78, 5) is 13.4. The van der Waals surface area contributed by atoms with E-state index in [9.17, 15) is 23.1 Å². The van der Waals surface area contributed by atoms with Crippen LogP contribution in [0.1, 0.15) is 26.2 Å². The minimum absolute atomic E-state index is 0.113. The van der Waals surface area contributed by atoms with Gasteiger partial charge in [0, 0.05) is 25.7 Å². The number of aliphatic hydroxyl groups excluding tert-OH is 1. The van der Waals surface area contributed by atoms with Crippen LogP contribution in [0.15, 0.2) is 0 Å². The lowest BCUT2D eigenvalue weighted by atomic mass is 10.0. The standard InChI is InChI=1S/C12H22F3N3O2/c1-2-10(19)7-18-5-3-9(4-6-18)17-11(20)16-8-12(13,14)15/h9-10,19H,2-8H2,1H3,(H2,16,17,20). The third kappa shape index (κ3) is 6.95. The molecule has 0 radical (unpaired) electrons. The van der Waals surface area contributed by atoms with Crippen LogP contribution >= 0.6 is 0 Å². The van der Waals surface area contributed by atoms with Gasteiger partial charge < -0.3 is 20.6 Å². The Bertz CT molecular complexity index is 305. The van der Waals surface area contributed by atoms with Crippen LogP contribution in [0, 0.1) is 0 Å². The second-order valence-corrected chi connectivity index (χ2v) is 5.08. The van der Waals surface area contributed by atoms with Crippen LogP contribution in [-0.2, 0) is 0 Å². The monoisotopic (exact) mass is 297 g/mol. The molecule has 1 fully saturated rings. The molecular formula is C12H22F3N3O2. The highest BCUT2D eigenvalue weighted by molar-refractivity contribution is 5.74. The van der Waals surface area contributed by atoms with Gasteiger partial charge in [-0.3, -0.25) is 0 Å². The van der Waals surface area contributed by atoms with Gasteiger partial charge in [-0.15, -0.1) is 0 Å². The lowest BCUT2D eigenvalue weighted by molar-refractivity contribution is -0.122. The van der Waals surface area contributed by atoms with E-state index in [1.165, 1.54) is 0 Å². The van der Waals surface area contributed by atoms with Crippen LogP contribution in [-0.4, -0.2) is 60.5 Å². The third-order valence-corrected chi connectivity index (χ3v) is 3.31. The van der Waals surface area contributed by atoms with Crippen LogP contribution in [0.3, 0.4) is 0 Å². The van der Waals surface area contributed by atoms with Gasteiger partial charge in [0.05, 0.1) is 6.10 Å². The Kier molecular flexibility index (Phi) is 6.54. The molecule has 1 saturated heterocycles. The lowest BCUT2D eigenvalue weighted by Gasteiger charge is -2.33. The molecule has 0 aromatic rings. The minimum Gasteiger partial charge on any atom is -0.392 e. The molecule has 118 valence electrons. The van der Waals surface area contributed by atoms with Crippen molar-refractivity contribution in [1.82, 2.24) is 15.5 Å². The number of piperidine rings is 1. The Hall–Kier alpha value is -1.02. The number of nitrogens with one attached hydrogen (secondary N) is 2. The van der Waals surface area contributed by atoms with E-state index in [-0.39, 0.29) is 12.1 Å². The minimum atomic E-state index is -4.39. The van der Waals surface area contributed by atoms with Crippen LogP contribution in [0.4, 0.5) is 18.0 Å². The van der Waals surface area contributed by atoms with E-state index in [0.717, 1.165) is 13.1 Å². The van der Waals surface area contributed by atoms with Crippen molar-refractivity contribution in [2.75, 3.05) is 26.2 Å². The van der Waals surface area contributed by atoms with Gasteiger partial charge in [-0.25, -0.2) is 4.79 Å². The second-order valence-electron chi connectivity index (χ2n) is 5.08. The number of hydrogen-bond donors (Lipinski definition) is 3. The summed E-state index contributed by atoms with van der Waals surface area (Å²) >= 11 is 0. The number of rotatable bonds is 5. The molecule has 3 N–H and O–H groups in total. The predicted octanol–water partition coefficient (Wildman–Crippen LogP) is 1.08.